The van der Waals surface area contributed by atoms with E-state index in [1.165, 1.54) is 42.6 Å². The number of aromatic nitrogens is 3. The van der Waals surface area contributed by atoms with E-state index < -0.39 is 10.0 Å². The van der Waals surface area contributed by atoms with Crippen molar-refractivity contribution in [1.29, 1.82) is 0 Å². The lowest BCUT2D eigenvalue weighted by Gasteiger charge is -2.17. The smallest absolute Gasteiger partial charge is 0.266 e. The van der Waals surface area contributed by atoms with Gasteiger partial charge in [0.1, 0.15) is 0 Å². The fourth-order valence-electron chi connectivity index (χ4n) is 5.19. The number of hydrogen-bond donors (Lipinski definition) is 0. The quantitative estimate of drug-likeness (QED) is 0.160. The van der Waals surface area contributed by atoms with Gasteiger partial charge in [-0.05, 0) is 69.5 Å². The molecule has 4 aromatic rings. The molecule has 1 saturated heterocycles. The van der Waals surface area contributed by atoms with Crippen molar-refractivity contribution in [2.75, 3.05) is 26.5 Å². The summed E-state index contributed by atoms with van der Waals surface area (Å²) in [6, 6.07) is 13.6. The predicted molar refractivity (Wildman–Crippen MR) is 161 cm³/mol. The first-order valence-electron chi connectivity index (χ1n) is 13.5. The van der Waals surface area contributed by atoms with Crippen LogP contribution in [0.15, 0.2) is 63.4 Å². The zero-order chi connectivity index (χ0) is 29.5. The van der Waals surface area contributed by atoms with Crippen LogP contribution in [-0.4, -0.2) is 65.2 Å². The molecule has 0 saturated carbocycles. The Morgan fingerprint density at radius 3 is 2.59 bits per heavy atom. The number of Topliss-reactive ketones (excluding diaryl/α,β-unsaturated/α-hetero) is 1. The van der Waals surface area contributed by atoms with Gasteiger partial charge in [0, 0.05) is 44.2 Å². The Morgan fingerprint density at radius 1 is 1.12 bits per heavy atom. The van der Waals surface area contributed by atoms with Crippen LogP contribution in [0, 0.1) is 20.8 Å². The molecule has 9 nitrogen and oxygen atoms in total. The average molecular weight is 595 g/mol. The highest BCUT2D eigenvalue weighted by atomic mass is 32.2. The number of carbonyl (C=O) groups excluding carboxylic acids is 1. The summed E-state index contributed by atoms with van der Waals surface area (Å²) in [5, 5.41) is 0.721. The lowest BCUT2D eigenvalue weighted by molar-refractivity contribution is 0.0957. The van der Waals surface area contributed by atoms with Gasteiger partial charge in [0.15, 0.2) is 10.9 Å². The van der Waals surface area contributed by atoms with Crippen molar-refractivity contribution >= 4 is 38.5 Å². The molecule has 0 spiro atoms. The van der Waals surface area contributed by atoms with Gasteiger partial charge in [-0.25, -0.2) is 17.7 Å². The minimum atomic E-state index is -3.74. The Balaban J connectivity index is 1.53. The first kappa shape index (κ1) is 29.2. The molecule has 1 aliphatic rings. The molecule has 41 heavy (non-hydrogen) atoms. The van der Waals surface area contributed by atoms with E-state index in [2.05, 4.69) is 4.57 Å². The zero-order valence-electron chi connectivity index (χ0n) is 23.9. The molecule has 216 valence electrons. The predicted octanol–water partition coefficient (Wildman–Crippen LogP) is 4.52. The fourth-order valence-corrected chi connectivity index (χ4v) is 7.00. The molecule has 2 aromatic heterocycles. The Labute approximate surface area is 244 Å². The van der Waals surface area contributed by atoms with Gasteiger partial charge in [0.05, 0.1) is 33.3 Å². The van der Waals surface area contributed by atoms with Gasteiger partial charge < -0.3 is 9.30 Å². The highest BCUT2D eigenvalue weighted by molar-refractivity contribution is 7.99. The number of aryl methyl sites for hydroxylation is 2. The number of nitrogens with zero attached hydrogens (tertiary/aromatic N) is 4. The van der Waals surface area contributed by atoms with Gasteiger partial charge in [0.25, 0.3) is 5.56 Å². The van der Waals surface area contributed by atoms with Crippen molar-refractivity contribution in [3.63, 3.8) is 0 Å². The minimum absolute atomic E-state index is 0.0593. The Hall–Kier alpha value is -3.25. The maximum atomic E-state index is 13.8. The number of hydrogen-bond acceptors (Lipinski definition) is 7. The van der Waals surface area contributed by atoms with Gasteiger partial charge in [-0.2, -0.15) is 0 Å². The van der Waals surface area contributed by atoms with E-state index in [0.717, 1.165) is 41.7 Å². The minimum Gasteiger partial charge on any atom is -0.376 e. The highest BCUT2D eigenvalue weighted by Gasteiger charge is 2.24. The largest absolute Gasteiger partial charge is 0.376 e. The topological polar surface area (TPSA) is 104 Å². The second-order valence-electron chi connectivity index (χ2n) is 10.5. The lowest BCUT2D eigenvalue weighted by atomic mass is 10.2. The van der Waals surface area contributed by atoms with Gasteiger partial charge in [-0.15, -0.1) is 0 Å². The molecule has 0 amide bonds. The van der Waals surface area contributed by atoms with Crippen molar-refractivity contribution < 1.29 is 17.9 Å². The summed E-state index contributed by atoms with van der Waals surface area (Å²) in [6.45, 7) is 7.24. The maximum absolute atomic E-state index is 13.8. The second kappa shape index (κ2) is 11.6. The van der Waals surface area contributed by atoms with E-state index in [9.17, 15) is 18.0 Å². The summed E-state index contributed by atoms with van der Waals surface area (Å²) < 4.78 is 36.3. The average Bonchev–Trinajstić information content (AvgIpc) is 3.56. The van der Waals surface area contributed by atoms with E-state index in [1.807, 2.05) is 26.8 Å². The number of rotatable bonds is 9. The molecule has 0 aliphatic carbocycles. The number of para-hydroxylation sites is 1. The van der Waals surface area contributed by atoms with Crippen LogP contribution in [0.5, 0.6) is 0 Å². The maximum Gasteiger partial charge on any atom is 0.266 e. The van der Waals surface area contributed by atoms with Crippen LogP contribution in [-0.2, 0) is 21.3 Å². The molecule has 5 rings (SSSR count). The van der Waals surface area contributed by atoms with E-state index >= 15 is 0 Å². The monoisotopic (exact) mass is 594 g/mol. The summed E-state index contributed by atoms with van der Waals surface area (Å²) in [5.41, 5.74) is 3.81. The van der Waals surface area contributed by atoms with Crippen LogP contribution in [0.25, 0.3) is 16.6 Å². The van der Waals surface area contributed by atoms with Crippen molar-refractivity contribution in [1.82, 2.24) is 18.4 Å². The molecule has 0 bridgehead atoms. The molecule has 0 radical (unpaired) electrons. The molecule has 1 atom stereocenters. The third kappa shape index (κ3) is 5.63. The van der Waals surface area contributed by atoms with Crippen LogP contribution in [0.4, 0.5) is 0 Å². The highest BCUT2D eigenvalue weighted by Crippen LogP contribution is 2.28. The van der Waals surface area contributed by atoms with Crippen LogP contribution < -0.4 is 5.56 Å². The van der Waals surface area contributed by atoms with Crippen LogP contribution >= 0.6 is 11.8 Å². The Morgan fingerprint density at radius 2 is 1.88 bits per heavy atom. The SMILES string of the molecule is Cc1ccc(S(=O)(=O)N(C)C)cc1-n1c(SCC(=O)c2cc(C)n(C[C@H]3CCCO3)c2C)nc2ccccc2c1=O. The molecule has 11 heteroatoms. The summed E-state index contributed by atoms with van der Waals surface area (Å²) in [6.07, 6.45) is 2.22. The summed E-state index contributed by atoms with van der Waals surface area (Å²) in [7, 11) is -0.821. The molecule has 0 N–H and O–H groups in total. The Kier molecular flexibility index (Phi) is 8.24. The number of thioether (sulfide) groups is 1. The number of benzene rings is 2. The number of ketones is 1. The standard InChI is InChI=1S/C30H34N4O5S2/c1-19-12-13-23(41(37,38)32(4)5)16-27(19)34-29(36)24-10-6-7-11-26(24)31-30(34)40-18-28(35)25-15-20(2)33(21(25)3)17-22-9-8-14-39-22/h6-7,10-13,15-16,22H,8-9,14,17-18H2,1-5H3/t22-/m1/s1. The number of fused-ring (bicyclic) bond motifs is 1. The van der Waals surface area contributed by atoms with Crippen molar-refractivity contribution in [2.24, 2.45) is 0 Å². The zero-order valence-corrected chi connectivity index (χ0v) is 25.5. The van der Waals surface area contributed by atoms with Gasteiger partial charge in [-0.1, -0.05) is 30.0 Å². The lowest BCUT2D eigenvalue weighted by Crippen LogP contribution is -2.25. The van der Waals surface area contributed by atoms with E-state index in [-0.39, 0.29) is 28.1 Å². The second-order valence-corrected chi connectivity index (χ2v) is 13.6. The van der Waals surface area contributed by atoms with E-state index in [4.69, 9.17) is 9.72 Å². The van der Waals surface area contributed by atoms with E-state index in [1.54, 1.807) is 30.3 Å². The third-order valence-corrected chi connectivity index (χ3v) is 10.3. The van der Waals surface area contributed by atoms with Gasteiger partial charge in [0.2, 0.25) is 10.0 Å². The molecule has 2 aromatic carbocycles. The summed E-state index contributed by atoms with van der Waals surface area (Å²) in [4.78, 5) is 32.1. The molecule has 0 unspecified atom stereocenters. The molecule has 1 fully saturated rings. The van der Waals surface area contributed by atoms with Crippen LogP contribution in [0.2, 0.25) is 0 Å². The fraction of sp³-hybridized carbons (Fsp3) is 0.367. The molecular weight excluding hydrogens is 560 g/mol. The van der Waals surface area contributed by atoms with Gasteiger partial charge in [-0.3, -0.25) is 14.2 Å². The first-order chi connectivity index (χ1) is 19.5. The number of ether oxygens (including phenoxy) is 1. The normalized spacial score (nSPS) is 15.7. The third-order valence-electron chi connectivity index (χ3n) is 7.56. The van der Waals surface area contributed by atoms with Crippen LogP contribution in [0.3, 0.4) is 0 Å². The van der Waals surface area contributed by atoms with E-state index in [0.29, 0.717) is 32.9 Å². The summed E-state index contributed by atoms with van der Waals surface area (Å²) in [5.74, 6) is -0.0136. The van der Waals surface area contributed by atoms with Crippen LogP contribution in [0.1, 0.15) is 40.2 Å². The first-order valence-corrected chi connectivity index (χ1v) is 15.9. The number of sulfonamides is 1. The summed E-state index contributed by atoms with van der Waals surface area (Å²) >= 11 is 1.17. The van der Waals surface area contributed by atoms with Crippen molar-refractivity contribution in [3.8, 4) is 5.69 Å². The molecular formula is C30H34N4O5S2. The molecule has 3 heterocycles. The van der Waals surface area contributed by atoms with Gasteiger partial charge >= 0.3 is 0 Å². The molecule has 1 aliphatic heterocycles. The number of carbonyl (C=O) groups is 1. The Bertz CT molecular complexity index is 1800. The van der Waals surface area contributed by atoms with Crippen molar-refractivity contribution in [2.45, 2.75) is 56.3 Å². The van der Waals surface area contributed by atoms with Crippen molar-refractivity contribution in [3.05, 3.63) is 81.4 Å².